The number of benzene rings is 6. The van der Waals surface area contributed by atoms with Crippen molar-refractivity contribution in [2.24, 2.45) is 0 Å². The van der Waals surface area contributed by atoms with Crippen LogP contribution in [-0.2, 0) is 61.1 Å². The molecule has 13 rings (SSSR count). The molecule has 0 radical (unpaired) electrons. The number of nitrogens with one attached hydrogen (secondary N) is 4. The fourth-order valence-electron chi connectivity index (χ4n) is 12.5. The van der Waals surface area contributed by atoms with E-state index in [0.29, 0.717) is 53.8 Å². The maximum Gasteiger partial charge on any atom is 0.339 e. The van der Waals surface area contributed by atoms with E-state index in [-0.39, 0.29) is 64.4 Å². The van der Waals surface area contributed by atoms with Crippen molar-refractivity contribution in [1.82, 2.24) is 49.3 Å². The maximum atomic E-state index is 14.9. The lowest BCUT2D eigenvalue weighted by Crippen LogP contribution is -2.53. The van der Waals surface area contributed by atoms with Crippen LogP contribution in [0.15, 0.2) is 144 Å². The minimum absolute atomic E-state index is 0.00633. The highest BCUT2D eigenvalue weighted by Gasteiger charge is 2.30. The third kappa shape index (κ3) is 24.6. The Balaban J connectivity index is 0.000000200. The fraction of sp³-hybridized carbons (Fsp3) is 0.375. The lowest BCUT2D eigenvalue weighted by Gasteiger charge is -2.35. The molecule has 2 aromatic heterocycles. The van der Waals surface area contributed by atoms with Crippen LogP contribution in [0.5, 0.6) is 5.75 Å². The molecule has 0 spiro atoms. The zero-order valence-corrected chi connectivity index (χ0v) is 67.0. The Hall–Kier alpha value is -10.2. The topological polar surface area (TPSA) is 344 Å². The van der Waals surface area contributed by atoms with Crippen LogP contribution in [0.25, 0.3) is 21.9 Å². The van der Waals surface area contributed by atoms with Gasteiger partial charge in [0.25, 0.3) is 0 Å². The summed E-state index contributed by atoms with van der Waals surface area (Å²) in [7, 11) is 3.47. The van der Waals surface area contributed by atoms with E-state index in [0.717, 1.165) is 156 Å². The summed E-state index contributed by atoms with van der Waals surface area (Å²) in [5.74, 6) is -5.79. The second-order valence-electron chi connectivity index (χ2n) is 27.2. The van der Waals surface area contributed by atoms with E-state index >= 15 is 0 Å². The Morgan fingerprint density at radius 1 is 0.518 bits per heavy atom. The number of carboxylic acid groups (broad SMARTS) is 2. The lowest BCUT2D eigenvalue weighted by atomic mass is 10.0. The van der Waals surface area contributed by atoms with E-state index in [4.69, 9.17) is 14.9 Å². The van der Waals surface area contributed by atoms with Gasteiger partial charge in [0.05, 0.1) is 43.5 Å². The number of phenols is 1. The first-order chi connectivity index (χ1) is 54.4. The van der Waals surface area contributed by atoms with Crippen molar-refractivity contribution in [3.8, 4) is 5.75 Å². The number of aromatic nitrogens is 4. The third-order valence-electron chi connectivity index (χ3n) is 18.9. The minimum Gasteiger partial charge on any atom is -0.506 e. The van der Waals surface area contributed by atoms with E-state index < -0.39 is 70.7 Å². The van der Waals surface area contributed by atoms with Crippen molar-refractivity contribution in [2.75, 3.05) is 188 Å². The highest BCUT2D eigenvalue weighted by molar-refractivity contribution is 7.91. The largest absolute Gasteiger partial charge is 0.506 e. The van der Waals surface area contributed by atoms with Crippen molar-refractivity contribution in [3.63, 3.8) is 0 Å². The van der Waals surface area contributed by atoms with Crippen molar-refractivity contribution in [3.05, 3.63) is 196 Å². The quantitative estimate of drug-likeness (QED) is 0.0330. The number of amides is 2. The lowest BCUT2D eigenvalue weighted by molar-refractivity contribution is -0.146. The van der Waals surface area contributed by atoms with E-state index in [9.17, 15) is 58.7 Å². The molecular weight excluding hydrogens is 1520 g/mol. The summed E-state index contributed by atoms with van der Waals surface area (Å²) < 4.78 is 121. The molecule has 3 saturated heterocycles. The number of carbonyl (C=O) groups is 4. The Morgan fingerprint density at radius 2 is 0.912 bits per heavy atom. The number of likely N-dealkylation sites (N-methyl/N-ethyl adjacent to an activating group) is 3. The average molecular weight is 1620 g/mol. The SMILES string of the molecule is CCOC.CCOC.CN1CCN(CC(=O)Nc2cccc3c2CC=C3c2nc(Nc3cccc(S(C)(=O)=O)c3F)ncc2F)CC1.CN1CCN(CC(=O)Nc2cccc3c2CC=C3c2nc(Nc3cccc(S(C)(=O)=O)c3F)ncc2F)CC1.COC[C@H](C(=O)O)N1CCN(C)CC1.O=C(O)c1ccc2ccccc2c1O. The number of anilines is 6. The fourth-order valence-corrected chi connectivity index (χ4v) is 14.1. The Bertz CT molecular complexity index is 4740. The molecule has 0 unspecified atom stereocenters. The van der Waals surface area contributed by atoms with Gasteiger partial charge in [0, 0.05) is 153 Å². The number of hydrogen-bond donors (Lipinski definition) is 7. The molecule has 612 valence electrons. The van der Waals surface area contributed by atoms with Crippen LogP contribution in [0.4, 0.5) is 52.2 Å². The molecule has 1 atom stereocenters. The average Bonchev–Trinajstić information content (AvgIpc) is 1.60. The van der Waals surface area contributed by atoms with Gasteiger partial charge < -0.3 is 65.5 Å². The molecule has 2 amide bonds. The zero-order chi connectivity index (χ0) is 83.0. The second-order valence-corrected chi connectivity index (χ2v) is 31.1. The van der Waals surface area contributed by atoms with Crippen LogP contribution in [0, 0.1) is 23.3 Å². The van der Waals surface area contributed by atoms with Crippen molar-refractivity contribution < 1.29 is 83.1 Å². The standard InChI is InChI=1S/2C27H28F2N6O3S.C11H8O3.C9H18N2O3.2C3H8O/c2*1-34-11-13-35(14-12-34)16-24(36)31-21-6-3-5-17-18(21)9-10-19(17)26-20(28)15-30-27(33-26)32-22-7-4-8-23(25(22)29)39(2,37)38;12-10-8-4-2-1-3-7(8)5-6-9(10)11(13)14;1-10-3-5-11(6-4-10)8(7-14-2)9(12)13;2*1-3-4-2/h2*3-8,10,15H,9,11-14,16H2,1-2H3,(H,31,36)(H,30,32,33);1-6,12H,(H,13,14);8H,3-7H2,1-2H3,(H,12,13);2*3H2,1-2H3/t;;;8-;;/m...1../s1. The summed E-state index contributed by atoms with van der Waals surface area (Å²) in [6, 6.07) is 28.3. The van der Waals surface area contributed by atoms with E-state index in [2.05, 4.69) is 89.3 Å². The number of aromatic carboxylic acids is 1. The smallest absolute Gasteiger partial charge is 0.339 e. The highest BCUT2D eigenvalue weighted by atomic mass is 32.2. The van der Waals surface area contributed by atoms with Gasteiger partial charge in [-0.25, -0.2) is 59.1 Å². The molecule has 2 aliphatic carbocycles. The number of aliphatic carboxylic acids is 1. The van der Waals surface area contributed by atoms with E-state index in [1.165, 1.54) is 37.4 Å². The molecule has 28 nitrogen and oxygen atoms in total. The van der Waals surface area contributed by atoms with Gasteiger partial charge in [0.2, 0.25) is 23.7 Å². The monoisotopic (exact) mass is 1620 g/mol. The Kier molecular flexibility index (Phi) is 33.1. The number of allylic oxidation sites excluding steroid dienone is 2. The molecule has 8 aromatic rings. The number of ether oxygens (including phenoxy) is 3. The number of methoxy groups -OCH3 is 3. The number of piperazine rings is 3. The van der Waals surface area contributed by atoms with Crippen LogP contribution in [0.3, 0.4) is 0 Å². The summed E-state index contributed by atoms with van der Waals surface area (Å²) in [5, 5.41) is 40.1. The van der Waals surface area contributed by atoms with Crippen molar-refractivity contribution >= 4 is 100.0 Å². The molecule has 3 fully saturated rings. The number of carboxylic acids is 2. The summed E-state index contributed by atoms with van der Waals surface area (Å²) in [6.45, 7) is 16.8. The van der Waals surface area contributed by atoms with Gasteiger partial charge in [-0.15, -0.1) is 0 Å². The number of nitrogens with zero attached hydrogens (tertiary/aromatic N) is 10. The number of carbonyl (C=O) groups excluding carboxylic acids is 2. The van der Waals surface area contributed by atoms with Gasteiger partial charge in [-0.1, -0.05) is 78.9 Å². The molecule has 114 heavy (non-hydrogen) atoms. The Labute approximate surface area is 661 Å². The van der Waals surface area contributed by atoms with Gasteiger partial charge in [-0.3, -0.25) is 29.1 Å². The molecule has 34 heteroatoms. The van der Waals surface area contributed by atoms with Gasteiger partial charge in [0.1, 0.15) is 38.5 Å². The molecule has 3 aliphatic heterocycles. The van der Waals surface area contributed by atoms with Crippen LogP contribution < -0.4 is 21.3 Å². The normalized spacial score (nSPS) is 15.5. The number of halogens is 4. The number of aromatic hydroxyl groups is 1. The van der Waals surface area contributed by atoms with Crippen molar-refractivity contribution in [2.45, 2.75) is 42.5 Å². The third-order valence-corrected chi connectivity index (χ3v) is 21.2. The zero-order valence-electron chi connectivity index (χ0n) is 65.3. The molecule has 5 aliphatic rings. The first kappa shape index (κ1) is 89.3. The van der Waals surface area contributed by atoms with Gasteiger partial charge >= 0.3 is 11.9 Å². The summed E-state index contributed by atoms with van der Waals surface area (Å²) in [5.41, 5.74) is 5.14. The highest BCUT2D eigenvalue weighted by Crippen LogP contribution is 2.40. The Morgan fingerprint density at radius 3 is 1.30 bits per heavy atom. The van der Waals surface area contributed by atoms with Crippen LogP contribution in [0.1, 0.15) is 57.8 Å². The molecule has 0 saturated carbocycles. The number of rotatable bonds is 21. The molecule has 6 aromatic carbocycles. The summed E-state index contributed by atoms with van der Waals surface area (Å²) >= 11 is 0. The predicted octanol–water partition coefficient (Wildman–Crippen LogP) is 9.03. The van der Waals surface area contributed by atoms with Crippen LogP contribution >= 0.6 is 0 Å². The van der Waals surface area contributed by atoms with Crippen molar-refractivity contribution in [1.29, 1.82) is 0 Å². The molecule has 5 heterocycles. The first-order valence-corrected chi connectivity index (χ1v) is 40.4. The van der Waals surface area contributed by atoms with E-state index in [1.807, 2.05) is 74.3 Å². The maximum absolute atomic E-state index is 14.9. The number of sulfone groups is 2. The second kappa shape index (κ2) is 42.2. The first-order valence-electron chi connectivity index (χ1n) is 36.6. The predicted molar refractivity (Wildman–Crippen MR) is 429 cm³/mol. The number of fused-ring (bicyclic) bond motifs is 3. The molecule has 7 N–H and O–H groups in total. The summed E-state index contributed by atoms with van der Waals surface area (Å²) in [6.07, 6.45) is 8.35. The molecule has 0 bridgehead atoms. The van der Waals surface area contributed by atoms with Gasteiger partial charge in [0.15, 0.2) is 42.9 Å². The minimum atomic E-state index is -3.79. The number of hydrogen-bond acceptors (Lipinski definition) is 24. The van der Waals surface area contributed by atoms with Gasteiger partial charge in [-0.05, 0) is 118 Å². The van der Waals surface area contributed by atoms with Crippen LogP contribution in [0.2, 0.25) is 0 Å². The summed E-state index contributed by atoms with van der Waals surface area (Å²) in [4.78, 5) is 75.4. The van der Waals surface area contributed by atoms with E-state index in [1.54, 1.807) is 44.6 Å². The van der Waals surface area contributed by atoms with Gasteiger partial charge in [-0.2, -0.15) is 0 Å². The molecular formula is C80H98F4N14O14S2. The van der Waals surface area contributed by atoms with Crippen LogP contribution in [-0.4, -0.2) is 278 Å².